The third-order valence-corrected chi connectivity index (χ3v) is 4.59. The number of amides is 1. The molecule has 1 saturated carbocycles. The van der Waals surface area contributed by atoms with Gasteiger partial charge in [-0.05, 0) is 18.4 Å². The van der Waals surface area contributed by atoms with Crippen LogP contribution in [0.1, 0.15) is 29.6 Å². The average molecular weight is 470 g/mol. The van der Waals surface area contributed by atoms with Crippen molar-refractivity contribution in [3.63, 3.8) is 0 Å². The van der Waals surface area contributed by atoms with Crippen molar-refractivity contribution in [1.29, 1.82) is 0 Å². The smallest absolute Gasteiger partial charge is 0.456 e. The van der Waals surface area contributed by atoms with Gasteiger partial charge in [-0.15, -0.1) is 0 Å². The number of hydrogen-bond donors (Lipinski definition) is 3. The SMILES string of the molecule is O=C(NC(CC1CC1)(C(=O)O)C(=O)O)c1ccc([N+](=O)[O-])c(OCC(F)(F)C(F)(F)F)c1. The van der Waals surface area contributed by atoms with Crippen molar-refractivity contribution in [3.05, 3.63) is 33.9 Å². The van der Waals surface area contributed by atoms with E-state index in [0.29, 0.717) is 25.0 Å². The maximum atomic E-state index is 13.1. The zero-order valence-electron chi connectivity index (χ0n) is 15.8. The molecule has 1 fully saturated rings. The van der Waals surface area contributed by atoms with Gasteiger partial charge in [0, 0.05) is 17.7 Å². The minimum Gasteiger partial charge on any atom is -0.480 e. The number of rotatable bonds is 10. The molecule has 3 N–H and O–H groups in total. The number of nitro benzene ring substituents is 1. The summed E-state index contributed by atoms with van der Waals surface area (Å²) in [7, 11) is 0. The van der Waals surface area contributed by atoms with Gasteiger partial charge < -0.3 is 20.3 Å². The van der Waals surface area contributed by atoms with Crippen LogP contribution in [0.15, 0.2) is 18.2 Å². The molecular formula is C17H15F5N2O8. The molecule has 0 unspecified atom stereocenters. The van der Waals surface area contributed by atoms with Crippen LogP contribution in [0.25, 0.3) is 0 Å². The molecule has 0 aliphatic heterocycles. The van der Waals surface area contributed by atoms with E-state index in [1.54, 1.807) is 5.32 Å². The predicted octanol–water partition coefficient (Wildman–Crippen LogP) is 2.61. The summed E-state index contributed by atoms with van der Waals surface area (Å²) in [6.45, 7) is -2.34. The number of hydrogen-bond acceptors (Lipinski definition) is 6. The van der Waals surface area contributed by atoms with Crippen LogP contribution in [0, 0.1) is 16.0 Å². The number of carboxylic acids is 2. The van der Waals surface area contributed by atoms with E-state index in [-0.39, 0.29) is 5.92 Å². The quantitative estimate of drug-likeness (QED) is 0.204. The van der Waals surface area contributed by atoms with Crippen LogP contribution in [0.2, 0.25) is 0 Å². The molecule has 0 heterocycles. The van der Waals surface area contributed by atoms with E-state index >= 15 is 0 Å². The molecular weight excluding hydrogens is 455 g/mol. The summed E-state index contributed by atoms with van der Waals surface area (Å²) in [6.07, 6.45) is -5.41. The summed E-state index contributed by atoms with van der Waals surface area (Å²) in [5.74, 6) is -12.0. The summed E-state index contributed by atoms with van der Waals surface area (Å²) in [4.78, 5) is 45.5. The Balaban J connectivity index is 2.35. The number of benzene rings is 1. The molecule has 15 heteroatoms. The Kier molecular flexibility index (Phi) is 6.61. The van der Waals surface area contributed by atoms with E-state index in [4.69, 9.17) is 0 Å². The zero-order valence-corrected chi connectivity index (χ0v) is 15.8. The standard InChI is InChI=1S/C17H15F5N2O8/c18-16(19,17(20,21)22)7-32-11-5-9(3-4-10(11)24(30)31)12(25)23-15(13(26)27,14(28)29)6-8-1-2-8/h3-5,8H,1-2,6-7H2,(H,23,25)(H,26,27)(H,28,29). The largest absolute Gasteiger partial charge is 0.480 e. The van der Waals surface area contributed by atoms with Gasteiger partial charge in [0.15, 0.2) is 12.4 Å². The monoisotopic (exact) mass is 470 g/mol. The molecule has 0 bridgehead atoms. The van der Waals surface area contributed by atoms with Crippen LogP contribution in [-0.4, -0.2) is 57.2 Å². The van der Waals surface area contributed by atoms with Gasteiger partial charge in [-0.25, -0.2) is 9.59 Å². The summed E-state index contributed by atoms with van der Waals surface area (Å²) in [5, 5.41) is 31.6. The second kappa shape index (κ2) is 8.55. The number of ether oxygens (including phenoxy) is 1. The molecule has 0 spiro atoms. The summed E-state index contributed by atoms with van der Waals surface area (Å²) in [5.41, 5.74) is -4.46. The first-order chi connectivity index (χ1) is 14.6. The van der Waals surface area contributed by atoms with Crippen LogP contribution < -0.4 is 10.1 Å². The first-order valence-corrected chi connectivity index (χ1v) is 8.76. The molecule has 2 rings (SSSR count). The second-order valence-corrected chi connectivity index (χ2v) is 7.05. The molecule has 32 heavy (non-hydrogen) atoms. The van der Waals surface area contributed by atoms with Crippen LogP contribution >= 0.6 is 0 Å². The van der Waals surface area contributed by atoms with Crippen LogP contribution in [-0.2, 0) is 9.59 Å². The zero-order chi connectivity index (χ0) is 24.5. The van der Waals surface area contributed by atoms with Crippen molar-refractivity contribution in [3.8, 4) is 5.75 Å². The van der Waals surface area contributed by atoms with Gasteiger partial charge in [-0.2, -0.15) is 22.0 Å². The number of alkyl halides is 5. The Morgan fingerprint density at radius 1 is 1.12 bits per heavy atom. The summed E-state index contributed by atoms with van der Waals surface area (Å²) >= 11 is 0. The highest BCUT2D eigenvalue weighted by molar-refractivity contribution is 6.09. The fourth-order valence-electron chi connectivity index (χ4n) is 2.62. The number of nitrogens with zero attached hydrogens (tertiary/aromatic N) is 1. The molecule has 0 atom stereocenters. The first-order valence-electron chi connectivity index (χ1n) is 8.76. The van der Waals surface area contributed by atoms with Gasteiger partial charge in [-0.1, -0.05) is 12.8 Å². The Hall–Kier alpha value is -3.52. The number of nitro groups is 1. The number of aliphatic carboxylic acids is 2. The van der Waals surface area contributed by atoms with Crippen molar-refractivity contribution >= 4 is 23.5 Å². The molecule has 10 nitrogen and oxygen atoms in total. The molecule has 1 aromatic rings. The Morgan fingerprint density at radius 3 is 2.12 bits per heavy atom. The van der Waals surface area contributed by atoms with Gasteiger partial charge in [0.25, 0.3) is 5.91 Å². The van der Waals surface area contributed by atoms with E-state index in [0.717, 1.165) is 6.07 Å². The van der Waals surface area contributed by atoms with Crippen molar-refractivity contribution in [2.24, 2.45) is 5.92 Å². The van der Waals surface area contributed by atoms with E-state index in [2.05, 4.69) is 4.74 Å². The number of carboxylic acid groups (broad SMARTS) is 2. The molecule has 1 amide bonds. The second-order valence-electron chi connectivity index (χ2n) is 7.05. The maximum Gasteiger partial charge on any atom is 0.456 e. The molecule has 1 aromatic carbocycles. The van der Waals surface area contributed by atoms with E-state index < -0.39 is 70.4 Å². The molecule has 0 radical (unpaired) electrons. The lowest BCUT2D eigenvalue weighted by molar-refractivity contribution is -0.386. The van der Waals surface area contributed by atoms with Crippen molar-refractivity contribution in [2.75, 3.05) is 6.61 Å². The highest BCUT2D eigenvalue weighted by atomic mass is 19.4. The van der Waals surface area contributed by atoms with Crippen molar-refractivity contribution < 1.29 is 56.2 Å². The maximum absolute atomic E-state index is 13.1. The summed E-state index contributed by atoms with van der Waals surface area (Å²) < 4.78 is 67.4. The van der Waals surface area contributed by atoms with Crippen molar-refractivity contribution in [1.82, 2.24) is 5.32 Å². The van der Waals surface area contributed by atoms with Crippen LogP contribution in [0.5, 0.6) is 5.75 Å². The highest BCUT2D eigenvalue weighted by Crippen LogP contribution is 2.38. The van der Waals surface area contributed by atoms with Gasteiger partial charge in [0.2, 0.25) is 5.54 Å². The lowest BCUT2D eigenvalue weighted by Crippen LogP contribution is -2.60. The lowest BCUT2D eigenvalue weighted by atomic mass is 9.92. The topological polar surface area (TPSA) is 156 Å². The fraction of sp³-hybridized carbons (Fsp3) is 0.471. The predicted molar refractivity (Wildman–Crippen MR) is 92.4 cm³/mol. The van der Waals surface area contributed by atoms with Crippen LogP contribution in [0.4, 0.5) is 27.6 Å². The van der Waals surface area contributed by atoms with Gasteiger partial charge >= 0.3 is 29.7 Å². The molecule has 0 saturated heterocycles. The first kappa shape index (κ1) is 24.7. The normalized spacial score (nSPS) is 14.5. The minimum absolute atomic E-state index is 0.289. The minimum atomic E-state index is -6.01. The van der Waals surface area contributed by atoms with Gasteiger partial charge in [0.1, 0.15) is 0 Å². The molecule has 1 aliphatic carbocycles. The van der Waals surface area contributed by atoms with E-state index in [1.165, 1.54) is 0 Å². The Morgan fingerprint density at radius 2 is 1.69 bits per heavy atom. The molecule has 0 aromatic heterocycles. The number of carbonyl (C=O) groups is 3. The van der Waals surface area contributed by atoms with Gasteiger partial charge in [0.05, 0.1) is 4.92 Å². The third-order valence-electron chi connectivity index (χ3n) is 4.59. The Bertz CT molecular complexity index is 931. The van der Waals surface area contributed by atoms with Crippen LogP contribution in [0.3, 0.4) is 0 Å². The molecule has 176 valence electrons. The van der Waals surface area contributed by atoms with E-state index in [1.807, 2.05) is 0 Å². The van der Waals surface area contributed by atoms with E-state index in [9.17, 15) is 56.7 Å². The third kappa shape index (κ3) is 5.20. The number of carbonyl (C=O) groups excluding carboxylic acids is 1. The average Bonchev–Trinajstić information content (AvgIpc) is 3.48. The van der Waals surface area contributed by atoms with Gasteiger partial charge in [-0.3, -0.25) is 14.9 Å². The Labute approximate surface area is 175 Å². The fourth-order valence-corrected chi connectivity index (χ4v) is 2.62. The summed E-state index contributed by atoms with van der Waals surface area (Å²) in [6, 6.07) is 1.72. The highest BCUT2D eigenvalue weighted by Gasteiger charge is 2.58. The number of halogens is 5. The molecule has 1 aliphatic rings. The number of nitrogens with one attached hydrogen (secondary N) is 1. The lowest BCUT2D eigenvalue weighted by Gasteiger charge is -2.26. The van der Waals surface area contributed by atoms with Crippen molar-refractivity contribution in [2.45, 2.75) is 36.9 Å².